The molecular formula is C24H35N15O4. The van der Waals surface area contributed by atoms with E-state index in [0.29, 0.717) is 5.56 Å². The second-order valence-corrected chi connectivity index (χ2v) is 9.08. The molecule has 0 aliphatic carbocycles. The van der Waals surface area contributed by atoms with Crippen LogP contribution in [-0.2, 0) is 13.6 Å². The van der Waals surface area contributed by atoms with Crippen LogP contribution in [0.15, 0.2) is 52.1 Å². The molecule has 3 heterocycles. The van der Waals surface area contributed by atoms with Gasteiger partial charge in [-0.3, -0.25) is 30.2 Å². The van der Waals surface area contributed by atoms with E-state index in [1.165, 1.54) is 24.7 Å². The van der Waals surface area contributed by atoms with E-state index in [-0.39, 0.29) is 34.8 Å². The Hall–Kier alpha value is -5.56. The lowest BCUT2D eigenvalue weighted by atomic mass is 10.1. The topological polar surface area (TPSA) is 261 Å². The fourth-order valence-electron chi connectivity index (χ4n) is 3.04. The number of H-pyrrole nitrogens is 1. The van der Waals surface area contributed by atoms with E-state index in [0.717, 1.165) is 21.2 Å². The first-order valence-corrected chi connectivity index (χ1v) is 12.6. The largest absolute Gasteiger partial charge is 0.364 e. The van der Waals surface area contributed by atoms with Crippen LogP contribution in [0.2, 0.25) is 0 Å². The third-order valence-electron chi connectivity index (χ3n) is 5.02. The van der Waals surface area contributed by atoms with Gasteiger partial charge in [0.05, 0.1) is 6.33 Å². The molecule has 3 amide bonds. The van der Waals surface area contributed by atoms with Crippen molar-refractivity contribution in [1.82, 2.24) is 55.5 Å². The number of carbonyl (C=O) groups excluding carboxylic acids is 3. The summed E-state index contributed by atoms with van der Waals surface area (Å²) < 4.78 is 2.13. The number of fused-ring (bicyclic) bond motifs is 1. The molecule has 0 fully saturated rings. The monoisotopic (exact) mass is 597 g/mol. The highest BCUT2D eigenvalue weighted by molar-refractivity contribution is 5.96. The Labute approximate surface area is 245 Å². The number of hydrogen-bond acceptors (Lipinski definition) is 12. The molecule has 1 aromatic carbocycles. The second-order valence-electron chi connectivity index (χ2n) is 9.08. The van der Waals surface area contributed by atoms with Crippen molar-refractivity contribution in [2.24, 2.45) is 28.9 Å². The minimum Gasteiger partial charge on any atom is -0.364 e. The van der Waals surface area contributed by atoms with E-state index in [1.807, 2.05) is 45.2 Å². The number of imidazole rings is 2. The first kappa shape index (κ1) is 33.6. The van der Waals surface area contributed by atoms with Crippen LogP contribution in [0.25, 0.3) is 5.65 Å². The minimum atomic E-state index is -0.741. The molecule has 19 heteroatoms. The summed E-state index contributed by atoms with van der Waals surface area (Å²) in [6.45, 7) is 4.63. The third kappa shape index (κ3) is 10.1. The number of hydrogen-bond donors (Lipinski definition) is 6. The molecule has 0 atom stereocenters. The highest BCUT2D eigenvalue weighted by Gasteiger charge is 2.14. The number of nitrogens with zero attached hydrogens (tertiary/aromatic N) is 9. The second kappa shape index (κ2) is 16.0. The van der Waals surface area contributed by atoms with Crippen LogP contribution in [0.4, 0.5) is 5.82 Å². The summed E-state index contributed by atoms with van der Waals surface area (Å²) in [6.07, 6.45) is 2.52. The van der Waals surface area contributed by atoms with Gasteiger partial charge in [0.15, 0.2) is 17.0 Å². The van der Waals surface area contributed by atoms with E-state index in [4.69, 9.17) is 11.5 Å². The quantitative estimate of drug-likeness (QED) is 0.101. The van der Waals surface area contributed by atoms with E-state index in [9.17, 15) is 19.2 Å². The van der Waals surface area contributed by atoms with Gasteiger partial charge >= 0.3 is 5.69 Å². The van der Waals surface area contributed by atoms with Gasteiger partial charge in [-0.15, -0.1) is 10.2 Å². The summed E-state index contributed by atoms with van der Waals surface area (Å²) in [6, 6.07) is 7.73. The molecule has 4 rings (SSSR count). The lowest BCUT2D eigenvalue weighted by Crippen LogP contribution is -2.30. The number of aryl methyl sites for hydroxylation is 1. The molecule has 0 bridgehead atoms. The molecule has 0 aliphatic rings. The molecule has 0 unspecified atom stereocenters. The van der Waals surface area contributed by atoms with Crippen molar-refractivity contribution < 1.29 is 14.4 Å². The fraction of sp³-hybridized carbons (Fsp3) is 0.333. The first-order chi connectivity index (χ1) is 20.3. The van der Waals surface area contributed by atoms with Crippen molar-refractivity contribution in [2.75, 3.05) is 21.1 Å². The van der Waals surface area contributed by atoms with Crippen LogP contribution in [0.3, 0.4) is 0 Å². The summed E-state index contributed by atoms with van der Waals surface area (Å²) in [5.74, 6) is -1.18. The number of rotatable bonds is 9. The van der Waals surface area contributed by atoms with Gasteiger partial charge in [-0.25, -0.2) is 19.2 Å². The van der Waals surface area contributed by atoms with Crippen molar-refractivity contribution in [3.63, 3.8) is 0 Å². The Kier molecular flexibility index (Phi) is 12.5. The van der Waals surface area contributed by atoms with Gasteiger partial charge in [0.2, 0.25) is 5.82 Å². The molecule has 0 saturated carbocycles. The van der Waals surface area contributed by atoms with Crippen molar-refractivity contribution in [3.05, 3.63) is 69.9 Å². The number of aromatic amines is 1. The van der Waals surface area contributed by atoms with Crippen LogP contribution < -0.4 is 33.3 Å². The maximum absolute atomic E-state index is 11.6. The molecule has 8 N–H and O–H groups in total. The van der Waals surface area contributed by atoms with Crippen molar-refractivity contribution in [3.8, 4) is 0 Å². The van der Waals surface area contributed by atoms with Crippen molar-refractivity contribution in [2.45, 2.75) is 26.4 Å². The van der Waals surface area contributed by atoms with Gasteiger partial charge < -0.3 is 21.8 Å². The first-order valence-electron chi connectivity index (χ1n) is 12.6. The van der Waals surface area contributed by atoms with Crippen LogP contribution in [0, 0.1) is 0 Å². The van der Waals surface area contributed by atoms with E-state index >= 15 is 0 Å². The third-order valence-corrected chi connectivity index (χ3v) is 5.02. The molecule has 0 aliphatic heterocycles. The highest BCUT2D eigenvalue weighted by Crippen LogP contribution is 2.12. The number of amides is 3. The molecular weight excluding hydrogens is 562 g/mol. The highest BCUT2D eigenvalue weighted by atomic mass is 16.2. The van der Waals surface area contributed by atoms with Gasteiger partial charge in [0.1, 0.15) is 6.33 Å². The number of aromatic nitrogens is 7. The van der Waals surface area contributed by atoms with Crippen molar-refractivity contribution >= 4 is 29.2 Å². The lowest BCUT2D eigenvalue weighted by Gasteiger charge is -2.09. The number of primary amides is 2. The fourth-order valence-corrected chi connectivity index (χ4v) is 3.04. The van der Waals surface area contributed by atoms with E-state index in [2.05, 4.69) is 51.8 Å². The van der Waals surface area contributed by atoms with Crippen LogP contribution in [-0.4, -0.2) is 84.3 Å². The van der Waals surface area contributed by atoms with Gasteiger partial charge in [0.25, 0.3) is 17.7 Å². The Morgan fingerprint density at radius 3 is 2.33 bits per heavy atom. The maximum atomic E-state index is 11.6. The molecule has 3 aromatic heterocycles. The predicted molar refractivity (Wildman–Crippen MR) is 155 cm³/mol. The normalized spacial score (nSPS) is 10.6. The summed E-state index contributed by atoms with van der Waals surface area (Å²) >= 11 is 0. The zero-order valence-corrected chi connectivity index (χ0v) is 24.6. The summed E-state index contributed by atoms with van der Waals surface area (Å²) in [5.41, 5.74) is 17.5. The molecule has 43 heavy (non-hydrogen) atoms. The minimum absolute atomic E-state index is 0.0249. The number of nitrogens with one attached hydrogen (secondary N) is 4. The summed E-state index contributed by atoms with van der Waals surface area (Å²) in [5, 5.41) is 18.9. The standard InChI is InChI=1S/C12H19N3O.C6H6N6O2.C6H10N6O/c1-9(2)15-12(16)11-6-4-10(5-7-11)8-14-13-3;1-11-6(14)12-2-8-3(4(7)13)5(12)9-10-11;1-12(2)11-10-6-4(5(7)13)8-3-9-6/h4-7,9,13-14H,8H2,1-3H3,(H,15,16);2H,1H3,(H2,7,13);3H,1-2H3,(H2,7,13)(H,8,9). The zero-order chi connectivity index (χ0) is 32.1. The molecule has 0 spiro atoms. The maximum Gasteiger partial charge on any atom is 0.352 e. The SMILES string of the molecule is CN(C)N=Nc1nc[nH]c1C(N)=O.CNNCc1ccc(C(=O)NC(C)C)cc1.Cn1nnc2c(C(N)=O)ncn2c1=O. The van der Waals surface area contributed by atoms with Gasteiger partial charge in [-0.1, -0.05) is 22.6 Å². The predicted octanol–water partition coefficient (Wildman–Crippen LogP) is -0.960. The Morgan fingerprint density at radius 2 is 1.77 bits per heavy atom. The Morgan fingerprint density at radius 1 is 1.09 bits per heavy atom. The average Bonchev–Trinajstić information content (AvgIpc) is 3.61. The van der Waals surface area contributed by atoms with Gasteiger partial charge in [-0.2, -0.15) is 4.68 Å². The smallest absolute Gasteiger partial charge is 0.352 e. The number of benzene rings is 1. The molecule has 4 aromatic rings. The Balaban J connectivity index is 0.000000226. The summed E-state index contributed by atoms with van der Waals surface area (Å²) in [7, 11) is 6.68. The molecule has 0 saturated heterocycles. The van der Waals surface area contributed by atoms with E-state index in [1.54, 1.807) is 14.1 Å². The zero-order valence-electron chi connectivity index (χ0n) is 24.6. The average molecular weight is 598 g/mol. The Bertz CT molecular complexity index is 1600. The van der Waals surface area contributed by atoms with Gasteiger partial charge in [-0.05, 0) is 38.6 Å². The van der Waals surface area contributed by atoms with Crippen LogP contribution >= 0.6 is 0 Å². The molecule has 230 valence electrons. The lowest BCUT2D eigenvalue weighted by molar-refractivity contribution is 0.0941. The number of hydrazine groups is 1. The number of carbonyl (C=O) groups is 3. The van der Waals surface area contributed by atoms with Crippen LogP contribution in [0.5, 0.6) is 0 Å². The number of nitrogens with two attached hydrogens (primary N) is 2. The summed E-state index contributed by atoms with van der Waals surface area (Å²) in [4.78, 5) is 54.6. The van der Waals surface area contributed by atoms with Gasteiger partial charge in [0, 0.05) is 39.3 Å². The molecule has 0 radical (unpaired) electrons. The van der Waals surface area contributed by atoms with Crippen LogP contribution in [0.1, 0.15) is 50.7 Å². The molecule has 19 nitrogen and oxygen atoms in total. The van der Waals surface area contributed by atoms with E-state index < -0.39 is 17.5 Å². The van der Waals surface area contributed by atoms with Crippen molar-refractivity contribution in [1.29, 1.82) is 0 Å².